The monoisotopic (exact) mass is 293 g/mol. The number of thiophene rings is 1. The summed E-state index contributed by atoms with van der Waals surface area (Å²) in [5.41, 5.74) is 7.68. The molecule has 0 fully saturated rings. The Labute approximate surface area is 127 Å². The second-order valence-corrected chi connectivity index (χ2v) is 5.65. The van der Waals surface area contributed by atoms with Crippen LogP contribution in [0.25, 0.3) is 15.8 Å². The van der Waals surface area contributed by atoms with Gasteiger partial charge in [0.25, 0.3) is 0 Å². The number of rotatable bonds is 3. The van der Waals surface area contributed by atoms with Gasteiger partial charge in [0, 0.05) is 10.4 Å². The smallest absolute Gasteiger partial charge is 0.199 e. The third kappa shape index (κ3) is 3.12. The van der Waals surface area contributed by atoms with Gasteiger partial charge < -0.3 is 11.1 Å². The lowest BCUT2D eigenvalue weighted by Crippen LogP contribution is -2.29. The molecule has 0 saturated carbocycles. The van der Waals surface area contributed by atoms with Crippen molar-refractivity contribution in [1.82, 2.24) is 5.32 Å². The number of hydrogen-bond donors (Lipinski definition) is 2. The number of guanidine groups is 1. The van der Waals surface area contributed by atoms with Crippen LogP contribution in [0.1, 0.15) is 5.56 Å². The molecule has 0 amide bonds. The van der Waals surface area contributed by atoms with E-state index < -0.39 is 0 Å². The summed E-state index contributed by atoms with van der Waals surface area (Å²) in [5.74, 6) is 0.343. The van der Waals surface area contributed by atoms with Gasteiger partial charge in [-0.3, -0.25) is 0 Å². The SMILES string of the molecule is C=C(NC(N)=Nc1cc2ccccc2s1)c1ccccc1. The second-order valence-electron chi connectivity index (χ2n) is 4.59. The molecule has 1 heterocycles. The van der Waals surface area contributed by atoms with Crippen molar-refractivity contribution in [3.63, 3.8) is 0 Å². The summed E-state index contributed by atoms with van der Waals surface area (Å²) in [6.07, 6.45) is 0. The Kier molecular flexibility index (Phi) is 3.71. The Morgan fingerprint density at radius 3 is 2.52 bits per heavy atom. The molecule has 0 aliphatic rings. The lowest BCUT2D eigenvalue weighted by atomic mass is 10.2. The van der Waals surface area contributed by atoms with E-state index in [2.05, 4.69) is 29.0 Å². The molecule has 1 aromatic heterocycles. The van der Waals surface area contributed by atoms with Gasteiger partial charge in [-0.1, -0.05) is 55.1 Å². The van der Waals surface area contributed by atoms with Gasteiger partial charge in [-0.05, 0) is 23.1 Å². The number of hydrogen-bond acceptors (Lipinski definition) is 2. The molecular weight excluding hydrogens is 278 g/mol. The maximum absolute atomic E-state index is 5.95. The first-order valence-corrected chi connectivity index (χ1v) is 7.38. The number of nitrogens with two attached hydrogens (primary N) is 1. The van der Waals surface area contributed by atoms with Crippen LogP contribution in [-0.4, -0.2) is 5.96 Å². The van der Waals surface area contributed by atoms with Crippen molar-refractivity contribution in [2.75, 3.05) is 0 Å². The van der Waals surface area contributed by atoms with Gasteiger partial charge in [0.05, 0.1) is 0 Å². The fourth-order valence-corrected chi connectivity index (χ4v) is 2.98. The predicted octanol–water partition coefficient (Wildman–Crippen LogP) is 4.11. The summed E-state index contributed by atoms with van der Waals surface area (Å²) in [6.45, 7) is 3.98. The molecule has 3 rings (SSSR count). The van der Waals surface area contributed by atoms with Crippen molar-refractivity contribution >= 4 is 38.1 Å². The molecule has 104 valence electrons. The van der Waals surface area contributed by atoms with E-state index in [9.17, 15) is 0 Å². The summed E-state index contributed by atoms with van der Waals surface area (Å²) >= 11 is 1.61. The molecule has 3 N–H and O–H groups in total. The summed E-state index contributed by atoms with van der Waals surface area (Å²) in [7, 11) is 0. The molecule has 3 nitrogen and oxygen atoms in total. The Hall–Kier alpha value is -2.59. The number of fused-ring (bicyclic) bond motifs is 1. The molecule has 3 aromatic rings. The van der Waals surface area contributed by atoms with Crippen molar-refractivity contribution in [2.24, 2.45) is 10.7 Å². The summed E-state index contributed by atoms with van der Waals surface area (Å²) in [4.78, 5) is 4.40. The molecule has 2 aromatic carbocycles. The van der Waals surface area contributed by atoms with Gasteiger partial charge in [-0.2, -0.15) is 0 Å². The molecular formula is C17H15N3S. The minimum Gasteiger partial charge on any atom is -0.369 e. The Balaban J connectivity index is 1.78. The van der Waals surface area contributed by atoms with Gasteiger partial charge in [-0.15, -0.1) is 11.3 Å². The molecule has 0 aliphatic heterocycles. The molecule has 4 heteroatoms. The maximum atomic E-state index is 5.95. The van der Waals surface area contributed by atoms with Crippen LogP contribution in [0, 0.1) is 0 Å². The minimum absolute atomic E-state index is 0.343. The van der Waals surface area contributed by atoms with E-state index in [1.165, 1.54) is 10.1 Å². The van der Waals surface area contributed by atoms with E-state index in [0.717, 1.165) is 16.3 Å². The largest absolute Gasteiger partial charge is 0.369 e. The van der Waals surface area contributed by atoms with E-state index in [1.807, 2.05) is 48.5 Å². The summed E-state index contributed by atoms with van der Waals surface area (Å²) in [5, 5.41) is 5.08. The lowest BCUT2D eigenvalue weighted by Gasteiger charge is -2.08. The van der Waals surface area contributed by atoms with Gasteiger partial charge in [0.1, 0.15) is 5.00 Å². The standard InChI is InChI=1S/C17H15N3S/c1-12(13-7-3-2-4-8-13)19-17(18)20-16-11-14-9-5-6-10-15(14)21-16/h2-11H,1H2,(H3,18,19,20). The third-order valence-corrected chi connectivity index (χ3v) is 4.05. The first-order chi connectivity index (χ1) is 10.2. The van der Waals surface area contributed by atoms with Crippen molar-refractivity contribution in [3.8, 4) is 0 Å². The van der Waals surface area contributed by atoms with Crippen LogP contribution in [0.15, 0.2) is 72.2 Å². The maximum Gasteiger partial charge on any atom is 0.199 e. The zero-order valence-electron chi connectivity index (χ0n) is 11.4. The topological polar surface area (TPSA) is 50.4 Å². The molecule has 21 heavy (non-hydrogen) atoms. The predicted molar refractivity (Wildman–Crippen MR) is 91.7 cm³/mol. The first-order valence-electron chi connectivity index (χ1n) is 6.56. The first kappa shape index (κ1) is 13.4. The van der Waals surface area contributed by atoms with E-state index in [0.29, 0.717) is 5.96 Å². The lowest BCUT2D eigenvalue weighted by molar-refractivity contribution is 1.24. The highest BCUT2D eigenvalue weighted by Crippen LogP contribution is 2.31. The van der Waals surface area contributed by atoms with Gasteiger partial charge in [0.15, 0.2) is 5.96 Å². The van der Waals surface area contributed by atoms with Gasteiger partial charge in [-0.25, -0.2) is 4.99 Å². The Bertz CT molecular complexity index is 770. The van der Waals surface area contributed by atoms with Crippen molar-refractivity contribution in [2.45, 2.75) is 0 Å². The molecule has 0 atom stereocenters. The van der Waals surface area contributed by atoms with E-state index in [4.69, 9.17) is 5.73 Å². The zero-order valence-corrected chi connectivity index (χ0v) is 12.2. The van der Waals surface area contributed by atoms with Crippen molar-refractivity contribution in [1.29, 1.82) is 0 Å². The van der Waals surface area contributed by atoms with E-state index in [1.54, 1.807) is 11.3 Å². The molecule has 0 aliphatic carbocycles. The average Bonchev–Trinajstić information content (AvgIpc) is 2.90. The van der Waals surface area contributed by atoms with Crippen LogP contribution in [0.5, 0.6) is 0 Å². The number of nitrogens with one attached hydrogen (secondary N) is 1. The van der Waals surface area contributed by atoms with Gasteiger partial charge in [0.2, 0.25) is 0 Å². The number of aliphatic imine (C=N–C) groups is 1. The second kappa shape index (κ2) is 5.81. The quantitative estimate of drug-likeness (QED) is 0.564. The van der Waals surface area contributed by atoms with Crippen LogP contribution in [0.4, 0.5) is 5.00 Å². The van der Waals surface area contributed by atoms with Gasteiger partial charge >= 0.3 is 0 Å². The normalized spacial score (nSPS) is 11.5. The highest BCUT2D eigenvalue weighted by Gasteiger charge is 2.02. The summed E-state index contributed by atoms with van der Waals surface area (Å²) in [6, 6.07) is 20.0. The van der Waals surface area contributed by atoms with Crippen LogP contribution < -0.4 is 11.1 Å². The Morgan fingerprint density at radius 1 is 1.05 bits per heavy atom. The third-order valence-electron chi connectivity index (χ3n) is 3.04. The molecule has 0 saturated heterocycles. The molecule has 0 radical (unpaired) electrons. The zero-order chi connectivity index (χ0) is 14.7. The van der Waals surface area contributed by atoms with E-state index in [-0.39, 0.29) is 0 Å². The van der Waals surface area contributed by atoms with Crippen LogP contribution >= 0.6 is 11.3 Å². The van der Waals surface area contributed by atoms with Crippen molar-refractivity contribution < 1.29 is 0 Å². The highest BCUT2D eigenvalue weighted by molar-refractivity contribution is 7.22. The Morgan fingerprint density at radius 2 is 1.76 bits per heavy atom. The van der Waals surface area contributed by atoms with E-state index >= 15 is 0 Å². The average molecular weight is 293 g/mol. The summed E-state index contributed by atoms with van der Waals surface area (Å²) < 4.78 is 1.20. The van der Waals surface area contributed by atoms with Crippen LogP contribution in [-0.2, 0) is 0 Å². The molecule has 0 bridgehead atoms. The van der Waals surface area contributed by atoms with Crippen LogP contribution in [0.3, 0.4) is 0 Å². The molecule has 0 unspecified atom stereocenters. The molecule has 0 spiro atoms. The fraction of sp³-hybridized carbons (Fsp3) is 0. The van der Waals surface area contributed by atoms with Crippen LogP contribution in [0.2, 0.25) is 0 Å². The van der Waals surface area contributed by atoms with Crippen molar-refractivity contribution in [3.05, 3.63) is 72.8 Å². The minimum atomic E-state index is 0.343. The number of nitrogens with zero attached hydrogens (tertiary/aromatic N) is 1. The highest BCUT2D eigenvalue weighted by atomic mass is 32.1. The number of benzene rings is 2. The fourth-order valence-electron chi connectivity index (χ4n) is 2.04.